The van der Waals surface area contributed by atoms with Crippen LogP contribution in [0.1, 0.15) is 37.7 Å². The molecule has 136 valence electrons. The third-order valence-corrected chi connectivity index (χ3v) is 4.30. The summed E-state index contributed by atoms with van der Waals surface area (Å²) in [6, 6.07) is 11.9. The minimum atomic E-state index is 0.174. The van der Waals surface area contributed by atoms with Crippen molar-refractivity contribution in [1.29, 1.82) is 0 Å². The summed E-state index contributed by atoms with van der Waals surface area (Å²) in [6.45, 7) is 11.0. The highest BCUT2D eigenvalue weighted by Crippen LogP contribution is 2.22. The van der Waals surface area contributed by atoms with Crippen molar-refractivity contribution in [3.63, 3.8) is 0 Å². The van der Waals surface area contributed by atoms with E-state index in [-0.39, 0.29) is 6.10 Å². The number of rotatable bonds is 7. The first-order valence-electron chi connectivity index (χ1n) is 8.83. The topological polar surface area (TPSA) is 38.6 Å². The van der Waals surface area contributed by atoms with Gasteiger partial charge in [-0.25, -0.2) is 4.98 Å². The Kier molecular flexibility index (Phi) is 5.52. The van der Waals surface area contributed by atoms with Crippen molar-refractivity contribution in [3.8, 4) is 5.75 Å². The van der Waals surface area contributed by atoms with Crippen LogP contribution in [0.4, 0.5) is 0 Å². The molecule has 0 aliphatic rings. The molecule has 26 heavy (non-hydrogen) atoms. The highest BCUT2D eigenvalue weighted by atomic mass is 35.5. The van der Waals surface area contributed by atoms with E-state index in [0.29, 0.717) is 11.6 Å². The van der Waals surface area contributed by atoms with Gasteiger partial charge in [0.25, 0.3) is 0 Å². The zero-order chi connectivity index (χ0) is 18.7. The summed E-state index contributed by atoms with van der Waals surface area (Å²) in [5.74, 6) is 0.882. The zero-order valence-corrected chi connectivity index (χ0v) is 16.2. The Labute approximate surface area is 159 Å². The number of hydrogen-bond acceptors (Lipinski definition) is 3. The van der Waals surface area contributed by atoms with Gasteiger partial charge in [0.1, 0.15) is 11.4 Å². The normalized spacial score (nSPS) is 11.1. The van der Waals surface area contributed by atoms with Gasteiger partial charge in [-0.1, -0.05) is 37.2 Å². The predicted octanol–water partition coefficient (Wildman–Crippen LogP) is 5.10. The van der Waals surface area contributed by atoms with Gasteiger partial charge in [-0.05, 0) is 50.1 Å². The maximum Gasteiger partial charge on any atom is 0.137 e. The Morgan fingerprint density at radius 1 is 1.23 bits per heavy atom. The van der Waals surface area contributed by atoms with E-state index in [4.69, 9.17) is 16.3 Å². The van der Waals surface area contributed by atoms with Crippen molar-refractivity contribution in [2.75, 3.05) is 0 Å². The van der Waals surface area contributed by atoms with Crippen LogP contribution >= 0.6 is 11.6 Å². The number of nitrogens with zero attached hydrogens (tertiary/aromatic N) is 2. The standard InChI is InChI=1S/C21H24ClN3O/c1-5-19-21(25-13-17(22)8-11-20(25)24-19)15(4)23-12-16-6-9-18(10-7-16)26-14(2)3/h6-11,13-14,23H,4-5,12H2,1-3H3. The molecule has 1 N–H and O–H groups in total. The number of hydrogen-bond donors (Lipinski definition) is 1. The summed E-state index contributed by atoms with van der Waals surface area (Å²) in [5, 5.41) is 4.08. The molecule has 0 bridgehead atoms. The highest BCUT2D eigenvalue weighted by Gasteiger charge is 2.14. The quantitative estimate of drug-likeness (QED) is 0.629. The number of fused-ring (bicyclic) bond motifs is 1. The Balaban J connectivity index is 1.76. The SMILES string of the molecule is C=C(NCc1ccc(OC(C)C)cc1)c1c(CC)nc2ccc(Cl)cn12. The fraction of sp³-hybridized carbons (Fsp3) is 0.286. The molecular formula is C21H24ClN3O. The van der Waals surface area contributed by atoms with Crippen LogP contribution in [0.2, 0.25) is 5.02 Å². The van der Waals surface area contributed by atoms with Crippen LogP contribution < -0.4 is 10.1 Å². The van der Waals surface area contributed by atoms with Crippen molar-refractivity contribution in [1.82, 2.24) is 14.7 Å². The molecule has 2 aromatic heterocycles. The van der Waals surface area contributed by atoms with E-state index in [1.807, 2.05) is 48.7 Å². The smallest absolute Gasteiger partial charge is 0.137 e. The van der Waals surface area contributed by atoms with Gasteiger partial charge in [-0.15, -0.1) is 0 Å². The van der Waals surface area contributed by atoms with Crippen LogP contribution in [-0.2, 0) is 13.0 Å². The first kappa shape index (κ1) is 18.3. The van der Waals surface area contributed by atoms with E-state index >= 15 is 0 Å². The minimum absolute atomic E-state index is 0.174. The molecule has 0 amide bonds. The van der Waals surface area contributed by atoms with Gasteiger partial charge in [-0.3, -0.25) is 4.40 Å². The van der Waals surface area contributed by atoms with E-state index in [2.05, 4.69) is 35.9 Å². The number of halogens is 1. The molecule has 1 aromatic carbocycles. The summed E-state index contributed by atoms with van der Waals surface area (Å²) in [5.41, 5.74) is 4.85. The summed E-state index contributed by atoms with van der Waals surface area (Å²) >= 11 is 6.16. The van der Waals surface area contributed by atoms with Crippen molar-refractivity contribution in [2.45, 2.75) is 39.8 Å². The third-order valence-electron chi connectivity index (χ3n) is 4.08. The summed E-state index contributed by atoms with van der Waals surface area (Å²) in [6.07, 6.45) is 2.88. The zero-order valence-electron chi connectivity index (χ0n) is 15.4. The van der Waals surface area contributed by atoms with Gasteiger partial charge in [0.05, 0.1) is 28.2 Å². The molecule has 3 aromatic rings. The molecule has 5 heteroatoms. The molecule has 0 aliphatic heterocycles. The van der Waals surface area contributed by atoms with E-state index < -0.39 is 0 Å². The highest BCUT2D eigenvalue weighted by molar-refractivity contribution is 6.30. The van der Waals surface area contributed by atoms with Crippen LogP contribution in [0.3, 0.4) is 0 Å². The molecule has 0 unspecified atom stereocenters. The number of imidazole rings is 1. The molecule has 3 rings (SSSR count). The predicted molar refractivity (Wildman–Crippen MR) is 108 cm³/mol. The van der Waals surface area contributed by atoms with Crippen molar-refractivity contribution in [3.05, 3.63) is 71.1 Å². The van der Waals surface area contributed by atoms with Gasteiger partial charge < -0.3 is 10.1 Å². The molecule has 0 atom stereocenters. The number of benzene rings is 1. The van der Waals surface area contributed by atoms with Crippen LogP contribution in [-0.4, -0.2) is 15.5 Å². The van der Waals surface area contributed by atoms with Crippen molar-refractivity contribution >= 4 is 22.9 Å². The molecule has 2 heterocycles. The van der Waals surface area contributed by atoms with Gasteiger partial charge in [0.15, 0.2) is 0 Å². The van der Waals surface area contributed by atoms with Gasteiger partial charge in [-0.2, -0.15) is 0 Å². The Morgan fingerprint density at radius 3 is 2.62 bits per heavy atom. The molecular weight excluding hydrogens is 346 g/mol. The first-order valence-corrected chi connectivity index (χ1v) is 9.21. The van der Waals surface area contributed by atoms with Gasteiger partial charge in [0, 0.05) is 12.7 Å². The van der Waals surface area contributed by atoms with Gasteiger partial charge in [0.2, 0.25) is 0 Å². The number of ether oxygens (including phenoxy) is 1. The van der Waals surface area contributed by atoms with Crippen molar-refractivity contribution in [2.24, 2.45) is 0 Å². The molecule has 0 saturated heterocycles. The largest absolute Gasteiger partial charge is 0.491 e. The summed E-state index contributed by atoms with van der Waals surface area (Å²) in [7, 11) is 0. The fourth-order valence-electron chi connectivity index (χ4n) is 2.88. The molecule has 0 spiro atoms. The maximum absolute atomic E-state index is 6.16. The second-order valence-corrected chi connectivity index (χ2v) is 6.92. The molecule has 0 radical (unpaired) electrons. The lowest BCUT2D eigenvalue weighted by Crippen LogP contribution is -2.13. The summed E-state index contributed by atoms with van der Waals surface area (Å²) < 4.78 is 7.68. The van der Waals surface area contributed by atoms with Crippen LogP contribution in [0, 0.1) is 0 Å². The molecule has 4 nitrogen and oxygen atoms in total. The van der Waals surface area contributed by atoms with Crippen molar-refractivity contribution < 1.29 is 4.74 Å². The lowest BCUT2D eigenvalue weighted by molar-refractivity contribution is 0.242. The number of aryl methyl sites for hydroxylation is 1. The Morgan fingerprint density at radius 2 is 1.96 bits per heavy atom. The average Bonchev–Trinajstić information content (AvgIpc) is 2.98. The third kappa shape index (κ3) is 4.02. The van der Waals surface area contributed by atoms with E-state index in [1.54, 1.807) is 0 Å². The van der Waals surface area contributed by atoms with E-state index in [1.165, 1.54) is 0 Å². The lowest BCUT2D eigenvalue weighted by atomic mass is 10.2. The fourth-order valence-corrected chi connectivity index (χ4v) is 3.04. The van der Waals surface area contributed by atoms with Crippen LogP contribution in [0.25, 0.3) is 11.3 Å². The Bertz CT molecular complexity index is 913. The Hall–Kier alpha value is -2.46. The number of nitrogens with one attached hydrogen (secondary N) is 1. The van der Waals surface area contributed by atoms with Crippen LogP contribution in [0.15, 0.2) is 49.2 Å². The first-order chi connectivity index (χ1) is 12.5. The molecule has 0 fully saturated rings. The van der Waals surface area contributed by atoms with Gasteiger partial charge >= 0.3 is 0 Å². The maximum atomic E-state index is 6.16. The molecule has 0 aliphatic carbocycles. The second kappa shape index (κ2) is 7.83. The molecule has 0 saturated carbocycles. The second-order valence-electron chi connectivity index (χ2n) is 6.48. The average molecular weight is 370 g/mol. The lowest BCUT2D eigenvalue weighted by Gasteiger charge is -2.13. The number of pyridine rings is 1. The van der Waals surface area contributed by atoms with Crippen LogP contribution in [0.5, 0.6) is 5.75 Å². The number of aromatic nitrogens is 2. The van der Waals surface area contributed by atoms with E-state index in [0.717, 1.165) is 40.5 Å². The summed E-state index contributed by atoms with van der Waals surface area (Å²) in [4.78, 5) is 4.67. The monoisotopic (exact) mass is 369 g/mol. The minimum Gasteiger partial charge on any atom is -0.491 e. The van der Waals surface area contributed by atoms with E-state index in [9.17, 15) is 0 Å².